The van der Waals surface area contributed by atoms with Crippen molar-refractivity contribution in [1.82, 2.24) is 0 Å². The number of carbonyl (C=O) groups is 2. The van der Waals surface area contributed by atoms with Gasteiger partial charge in [0.1, 0.15) is 45.4 Å². The molecule has 0 atom stereocenters. The summed E-state index contributed by atoms with van der Waals surface area (Å²) >= 11 is 0. The number of azo groups is 2. The van der Waals surface area contributed by atoms with E-state index < -0.39 is 117 Å². The first-order valence-corrected chi connectivity index (χ1v) is 22.2. The third kappa shape index (κ3) is 18.0. The van der Waals surface area contributed by atoms with Crippen LogP contribution in [0.3, 0.4) is 0 Å². The molecular weight excluding hydrogens is 1140 g/mol. The Bertz CT molecular complexity index is 3340. The number of carboxylic acids is 2. The van der Waals surface area contributed by atoms with Crippen LogP contribution >= 0.6 is 0 Å². The Balaban J connectivity index is -0.000000376. The number of nitrogens with zero attached hydrogens (tertiary/aromatic N) is 4. The summed E-state index contributed by atoms with van der Waals surface area (Å²) in [6.45, 7) is 0. The third-order valence-electron chi connectivity index (χ3n) is 8.44. The van der Waals surface area contributed by atoms with Gasteiger partial charge in [0.2, 0.25) is 0 Å². The van der Waals surface area contributed by atoms with Crippen molar-refractivity contribution in [2.75, 3.05) is 11.5 Å². The molecule has 0 heterocycles. The molecule has 0 bridgehead atoms. The van der Waals surface area contributed by atoms with Crippen LogP contribution in [-0.2, 0) is 57.0 Å². The fourth-order valence-electron chi connectivity index (χ4n) is 5.51. The first kappa shape index (κ1) is 74.2. The molecule has 0 spiro atoms. The van der Waals surface area contributed by atoms with Gasteiger partial charge in [0, 0.05) is 28.6 Å². The van der Waals surface area contributed by atoms with E-state index in [-0.39, 0.29) is 241 Å². The number of phenols is 4. The SMILES string of the molecule is Nc1ccc2cc(S(=O)(=O)O)cc(O)c2c1N=Nc1cc(S(=O)(=O)O)cc(C(=O)O)c1O.Nc1ccc2cc(S(=O)(=O)O)cc(O)c2c1N=Nc1cc(S(=O)(=O)O)cc(C(=O)O)c1O.[H+].[H+].[Na+].[Na+].[Na+].[Na+].[Na+].[Na+].[Ni]. The summed E-state index contributed by atoms with van der Waals surface area (Å²) in [5, 5.41) is 73.6. The second-order valence-corrected chi connectivity index (χ2v) is 18.4. The molecule has 0 unspecified atom stereocenters. The van der Waals surface area contributed by atoms with Crippen LogP contribution < -0.4 is 189 Å². The minimum atomic E-state index is -4.87. The zero-order valence-corrected chi connectivity index (χ0v) is 53.6. The molecule has 0 fully saturated rings. The predicted octanol–water partition coefficient (Wildman–Crippen LogP) is -12.9. The van der Waals surface area contributed by atoms with Gasteiger partial charge in [-0.3, -0.25) is 18.2 Å². The van der Waals surface area contributed by atoms with E-state index in [1.165, 1.54) is 24.3 Å². The number of carboxylic acid groups (broad SMARTS) is 2. The summed E-state index contributed by atoms with van der Waals surface area (Å²) in [5.74, 6) is -6.68. The van der Waals surface area contributed by atoms with Crippen molar-refractivity contribution in [3.8, 4) is 23.0 Å². The maximum absolute atomic E-state index is 11.4. The maximum atomic E-state index is 11.4. The van der Waals surface area contributed by atoms with Crippen LogP contribution in [0.4, 0.5) is 34.1 Å². The van der Waals surface area contributed by atoms with Gasteiger partial charge in [0.05, 0.1) is 41.7 Å². The predicted molar refractivity (Wildman–Crippen MR) is 220 cm³/mol. The molecule has 71 heavy (non-hydrogen) atoms. The Morgan fingerprint density at radius 3 is 0.958 bits per heavy atom. The molecule has 0 saturated heterocycles. The molecule has 346 valence electrons. The molecule has 0 aliphatic carbocycles. The smallest absolute Gasteiger partial charge is 0.507 e. The molecule has 0 saturated carbocycles. The van der Waals surface area contributed by atoms with E-state index in [9.17, 15) is 81.9 Å². The van der Waals surface area contributed by atoms with Crippen LogP contribution in [-0.4, -0.2) is 94.5 Å². The van der Waals surface area contributed by atoms with Gasteiger partial charge in [-0.1, -0.05) is 12.1 Å². The third-order valence-corrected chi connectivity index (χ3v) is 11.8. The van der Waals surface area contributed by atoms with Crippen LogP contribution in [0.5, 0.6) is 23.0 Å². The van der Waals surface area contributed by atoms with Crippen molar-refractivity contribution < 1.29 is 289 Å². The number of hydrogen-bond donors (Lipinski definition) is 12. The van der Waals surface area contributed by atoms with E-state index in [1.54, 1.807) is 0 Å². The summed E-state index contributed by atoms with van der Waals surface area (Å²) < 4.78 is 128. The molecule has 14 N–H and O–H groups in total. The molecule has 0 aromatic heterocycles. The van der Waals surface area contributed by atoms with E-state index in [0.717, 1.165) is 24.3 Å². The zero-order chi connectivity index (χ0) is 48.0. The van der Waals surface area contributed by atoms with E-state index in [0.29, 0.717) is 24.3 Å². The molecule has 6 rings (SSSR count). The molecule has 6 aromatic carbocycles. The normalized spacial score (nSPS) is 11.2. The second kappa shape index (κ2) is 28.9. The molecule has 37 heteroatoms. The Morgan fingerprint density at radius 2 is 0.704 bits per heavy atom. The molecular formula is C34H28N6Na6NiO20S4+8. The summed E-state index contributed by atoms with van der Waals surface area (Å²) in [5.41, 5.74) is 7.92. The van der Waals surface area contributed by atoms with Crippen LogP contribution in [0.1, 0.15) is 23.6 Å². The summed E-state index contributed by atoms with van der Waals surface area (Å²) in [6.07, 6.45) is 0. The number of nitrogen functional groups attached to an aromatic ring is 2. The van der Waals surface area contributed by atoms with Gasteiger partial charge in [-0.25, -0.2) is 9.59 Å². The fraction of sp³-hybridized carbons (Fsp3) is 0. The van der Waals surface area contributed by atoms with Crippen LogP contribution in [0, 0.1) is 0 Å². The largest absolute Gasteiger partial charge is 1.00 e. The van der Waals surface area contributed by atoms with Gasteiger partial charge in [-0.05, 0) is 59.3 Å². The van der Waals surface area contributed by atoms with Crippen molar-refractivity contribution in [2.45, 2.75) is 19.6 Å². The molecule has 0 amide bonds. The monoisotopic (exact) mass is 1160 g/mol. The van der Waals surface area contributed by atoms with Crippen LogP contribution in [0.25, 0.3) is 21.5 Å². The number of rotatable bonds is 10. The molecule has 0 aliphatic heterocycles. The van der Waals surface area contributed by atoms with Crippen molar-refractivity contribution in [2.24, 2.45) is 20.5 Å². The first-order valence-electron chi connectivity index (χ1n) is 16.4. The Labute approximate surface area is 546 Å². The van der Waals surface area contributed by atoms with Crippen molar-refractivity contribution >= 4 is 108 Å². The fourth-order valence-corrected chi connectivity index (χ4v) is 7.64. The number of aromatic carboxylic acids is 2. The van der Waals surface area contributed by atoms with Crippen LogP contribution in [0.2, 0.25) is 0 Å². The Morgan fingerprint density at radius 1 is 0.437 bits per heavy atom. The first-order chi connectivity index (χ1) is 29.4. The number of fused-ring (bicyclic) bond motifs is 2. The summed E-state index contributed by atoms with van der Waals surface area (Å²) in [6, 6.07) is 11.0. The van der Waals surface area contributed by atoms with Gasteiger partial charge < -0.3 is 42.1 Å². The number of aromatic hydroxyl groups is 4. The average molecular weight is 1170 g/mol. The minimum Gasteiger partial charge on any atom is -0.507 e. The molecule has 0 radical (unpaired) electrons. The molecule has 6 aromatic rings. The van der Waals surface area contributed by atoms with Crippen molar-refractivity contribution in [3.05, 3.63) is 83.9 Å². The Kier molecular flexibility index (Phi) is 30.2. The number of phenolic OH excluding ortho intramolecular Hbond substituents is 2. The molecule has 0 aliphatic rings. The Hall–Kier alpha value is -1.09. The number of nitrogens with two attached hydrogens (primary N) is 2. The van der Waals surface area contributed by atoms with Crippen molar-refractivity contribution in [1.29, 1.82) is 0 Å². The van der Waals surface area contributed by atoms with E-state index in [2.05, 4.69) is 20.5 Å². The molecule has 26 nitrogen and oxygen atoms in total. The maximum Gasteiger partial charge on any atom is 1.00 e. The summed E-state index contributed by atoms with van der Waals surface area (Å²) in [4.78, 5) is 19.6. The minimum absolute atomic E-state index is 0. The number of anilines is 2. The standard InChI is InChI=1S/2C17H13N3O10S2.6Na.Ni/c2*18-11-2-1-7-3-8(31(25,26)27)6-13(21)14(7)15(11)20-19-12-5-9(32(28,29)30)4-10(16(12)22)17(23)24;;;;;;;/h2*1-6,21-22H,18H2,(H,23,24)(H,25,26,27)(H,28,29,30);;;;;;;/q;;6*+1;/p+2. The quantitative estimate of drug-likeness (QED) is 0.0262. The topological polar surface area (TPSA) is 474 Å². The van der Waals surface area contributed by atoms with E-state index >= 15 is 0 Å². The van der Waals surface area contributed by atoms with Gasteiger partial charge in [0.15, 0.2) is 11.5 Å². The van der Waals surface area contributed by atoms with E-state index in [1.807, 2.05) is 0 Å². The number of benzene rings is 6. The van der Waals surface area contributed by atoms with Crippen molar-refractivity contribution in [3.63, 3.8) is 0 Å². The average Bonchev–Trinajstić information content (AvgIpc) is 3.16. The van der Waals surface area contributed by atoms with Gasteiger partial charge in [0.25, 0.3) is 40.5 Å². The van der Waals surface area contributed by atoms with Gasteiger partial charge in [-0.2, -0.15) is 33.7 Å². The van der Waals surface area contributed by atoms with Gasteiger partial charge in [-0.15, -0.1) is 20.5 Å². The zero-order valence-electron chi connectivity index (χ0n) is 39.4. The van der Waals surface area contributed by atoms with E-state index in [4.69, 9.17) is 21.7 Å². The summed E-state index contributed by atoms with van der Waals surface area (Å²) in [7, 11) is -19.0. The van der Waals surface area contributed by atoms with Crippen LogP contribution in [0.15, 0.2) is 113 Å². The second-order valence-electron chi connectivity index (χ2n) is 12.7. The van der Waals surface area contributed by atoms with Gasteiger partial charge >= 0.3 is 192 Å². The number of hydrogen-bond acceptors (Lipinski definition) is 20.